The Hall–Kier alpha value is -0.860. The molecule has 3 heteroatoms. The van der Waals surface area contributed by atoms with E-state index in [0.717, 1.165) is 0 Å². The zero-order valence-corrected chi connectivity index (χ0v) is 4.73. The lowest BCUT2D eigenvalue weighted by Crippen LogP contribution is -2.17. The third kappa shape index (κ3) is 3.33. The number of hydrogen-bond acceptors (Lipinski definition) is 2. The van der Waals surface area contributed by atoms with Crippen LogP contribution in [0.4, 0.5) is 0 Å². The summed E-state index contributed by atoms with van der Waals surface area (Å²) in [5, 5.41) is 2.09. The van der Waals surface area contributed by atoms with Gasteiger partial charge >= 0.3 is 0 Å². The van der Waals surface area contributed by atoms with Gasteiger partial charge in [0.25, 0.3) is 0 Å². The van der Waals surface area contributed by atoms with E-state index in [-0.39, 0.29) is 18.1 Å². The van der Waals surface area contributed by atoms with Crippen LogP contribution in [0, 0.1) is 7.05 Å². The maximum Gasteiger partial charge on any atom is 0.227 e. The normalized spacial score (nSPS) is 8.25. The molecule has 0 heterocycles. The van der Waals surface area contributed by atoms with Crippen LogP contribution in [-0.4, -0.2) is 11.7 Å². The molecule has 1 N–H and O–H groups in total. The van der Waals surface area contributed by atoms with Crippen LogP contribution in [0.25, 0.3) is 0 Å². The van der Waals surface area contributed by atoms with Crippen molar-refractivity contribution in [2.75, 3.05) is 0 Å². The first-order valence-electron chi connectivity index (χ1n) is 2.22. The molecule has 8 heavy (non-hydrogen) atoms. The Morgan fingerprint density at radius 2 is 2.12 bits per heavy atom. The Morgan fingerprint density at radius 1 is 1.62 bits per heavy atom. The van der Waals surface area contributed by atoms with Gasteiger partial charge in [-0.05, 0) is 6.92 Å². The summed E-state index contributed by atoms with van der Waals surface area (Å²) in [6.07, 6.45) is -0.0660. The molecule has 0 aromatic heterocycles. The molecule has 0 aromatic carbocycles. The molecule has 0 fully saturated rings. The van der Waals surface area contributed by atoms with Crippen molar-refractivity contribution in [1.29, 1.82) is 0 Å². The van der Waals surface area contributed by atoms with Crippen molar-refractivity contribution >= 4 is 11.7 Å². The van der Waals surface area contributed by atoms with Crippen molar-refractivity contribution in [3.8, 4) is 0 Å². The number of carbonyl (C=O) groups excluding carboxylic acids is 2. The highest BCUT2D eigenvalue weighted by Gasteiger charge is 1.99. The molecular weight excluding hydrogens is 106 g/mol. The molecule has 0 aliphatic heterocycles. The SMILES string of the molecule is [CH2]NC(=O)CC(C)=O. The first kappa shape index (κ1) is 7.14. The summed E-state index contributed by atoms with van der Waals surface area (Å²) in [5.41, 5.74) is 0. The minimum Gasteiger partial charge on any atom is -0.354 e. The van der Waals surface area contributed by atoms with Crippen molar-refractivity contribution < 1.29 is 9.59 Å². The highest BCUT2D eigenvalue weighted by molar-refractivity contribution is 5.96. The number of rotatable bonds is 2. The second kappa shape index (κ2) is 3.18. The summed E-state index contributed by atoms with van der Waals surface area (Å²) in [6, 6.07) is 0. The maximum absolute atomic E-state index is 10.2. The number of hydrogen-bond donors (Lipinski definition) is 1. The Balaban J connectivity index is 3.40. The van der Waals surface area contributed by atoms with Gasteiger partial charge in [-0.1, -0.05) is 0 Å². The van der Waals surface area contributed by atoms with Gasteiger partial charge in [0.1, 0.15) is 5.78 Å². The summed E-state index contributed by atoms with van der Waals surface area (Å²) in [6.45, 7) is 1.36. The molecule has 1 radical (unpaired) electrons. The zero-order chi connectivity index (χ0) is 6.57. The molecule has 0 unspecified atom stereocenters. The molecule has 0 rings (SSSR count). The Bertz CT molecular complexity index is 109. The van der Waals surface area contributed by atoms with Gasteiger partial charge in [0.05, 0.1) is 6.42 Å². The predicted molar refractivity (Wildman–Crippen MR) is 28.8 cm³/mol. The Labute approximate surface area is 48.1 Å². The second-order valence-electron chi connectivity index (χ2n) is 1.48. The number of carbonyl (C=O) groups is 2. The minimum absolute atomic E-state index is 0.0660. The maximum atomic E-state index is 10.2. The molecule has 0 spiro atoms. The first-order valence-corrected chi connectivity index (χ1v) is 2.22. The van der Waals surface area contributed by atoms with Crippen LogP contribution < -0.4 is 5.32 Å². The van der Waals surface area contributed by atoms with E-state index in [1.165, 1.54) is 6.92 Å². The van der Waals surface area contributed by atoms with Crippen molar-refractivity contribution in [2.24, 2.45) is 0 Å². The molecule has 3 nitrogen and oxygen atoms in total. The average molecular weight is 114 g/mol. The smallest absolute Gasteiger partial charge is 0.227 e. The van der Waals surface area contributed by atoms with Crippen LogP contribution in [0.2, 0.25) is 0 Å². The molecule has 1 amide bonds. The molecule has 45 valence electrons. The highest BCUT2D eigenvalue weighted by Crippen LogP contribution is 1.78. The fraction of sp³-hybridized carbons (Fsp3) is 0.400. The lowest BCUT2D eigenvalue weighted by molar-refractivity contribution is -0.126. The molecular formula is C5H8NO2. The van der Waals surface area contributed by atoms with Crippen LogP contribution >= 0.6 is 0 Å². The van der Waals surface area contributed by atoms with E-state index in [1.807, 2.05) is 0 Å². The van der Waals surface area contributed by atoms with E-state index in [9.17, 15) is 9.59 Å². The molecule has 0 bridgehead atoms. The molecule has 0 aliphatic rings. The van der Waals surface area contributed by atoms with Crippen LogP contribution in [0.3, 0.4) is 0 Å². The number of ketones is 1. The van der Waals surface area contributed by atoms with Gasteiger partial charge in [-0.25, -0.2) is 0 Å². The van der Waals surface area contributed by atoms with Crippen LogP contribution in [0.5, 0.6) is 0 Å². The summed E-state index contributed by atoms with van der Waals surface area (Å²) in [5.74, 6) is -0.483. The van der Waals surface area contributed by atoms with Gasteiger partial charge in [-0.3, -0.25) is 9.59 Å². The molecule has 0 saturated carbocycles. The molecule has 0 saturated heterocycles. The third-order valence-electron chi connectivity index (χ3n) is 0.607. The van der Waals surface area contributed by atoms with Gasteiger partial charge in [-0.2, -0.15) is 0 Å². The predicted octanol–water partition coefficient (Wildman–Crippen LogP) is -0.127. The van der Waals surface area contributed by atoms with Crippen LogP contribution in [0.15, 0.2) is 0 Å². The van der Waals surface area contributed by atoms with E-state index in [4.69, 9.17) is 0 Å². The van der Waals surface area contributed by atoms with E-state index >= 15 is 0 Å². The van der Waals surface area contributed by atoms with Gasteiger partial charge in [-0.15, -0.1) is 0 Å². The fourth-order valence-corrected chi connectivity index (χ4v) is 0.289. The standard InChI is InChI=1S/C5H8NO2/c1-4(7)3-5(8)6-2/h2-3H2,1H3,(H,6,8). The number of Topliss-reactive ketones (excluding diaryl/α,β-unsaturated/α-hetero) is 1. The molecule has 0 aliphatic carbocycles. The van der Waals surface area contributed by atoms with Gasteiger partial charge in [0, 0.05) is 7.05 Å². The van der Waals surface area contributed by atoms with Gasteiger partial charge < -0.3 is 5.32 Å². The van der Waals surface area contributed by atoms with Crippen LogP contribution in [0.1, 0.15) is 13.3 Å². The summed E-state index contributed by atoms with van der Waals surface area (Å²) in [7, 11) is 3.09. The zero-order valence-electron chi connectivity index (χ0n) is 4.73. The van der Waals surface area contributed by atoms with Crippen molar-refractivity contribution in [3.63, 3.8) is 0 Å². The van der Waals surface area contributed by atoms with Gasteiger partial charge in [0.15, 0.2) is 0 Å². The Morgan fingerprint density at radius 3 is 2.25 bits per heavy atom. The largest absolute Gasteiger partial charge is 0.354 e. The monoisotopic (exact) mass is 114 g/mol. The van der Waals surface area contributed by atoms with Crippen molar-refractivity contribution in [3.05, 3.63) is 7.05 Å². The summed E-state index contributed by atoms with van der Waals surface area (Å²) < 4.78 is 0. The summed E-state index contributed by atoms with van der Waals surface area (Å²) >= 11 is 0. The van der Waals surface area contributed by atoms with Gasteiger partial charge in [0.2, 0.25) is 5.91 Å². The van der Waals surface area contributed by atoms with E-state index in [2.05, 4.69) is 12.4 Å². The second-order valence-corrected chi connectivity index (χ2v) is 1.48. The van der Waals surface area contributed by atoms with Crippen LogP contribution in [-0.2, 0) is 9.59 Å². The van der Waals surface area contributed by atoms with E-state index in [1.54, 1.807) is 0 Å². The topological polar surface area (TPSA) is 46.2 Å². The fourth-order valence-electron chi connectivity index (χ4n) is 0.289. The lowest BCUT2D eigenvalue weighted by Gasteiger charge is -1.90. The Kier molecular flexibility index (Phi) is 2.84. The quantitative estimate of drug-likeness (QED) is 0.508. The lowest BCUT2D eigenvalue weighted by atomic mass is 10.3. The first-order chi connectivity index (χ1) is 3.66. The average Bonchev–Trinajstić information content (AvgIpc) is 1.65. The van der Waals surface area contributed by atoms with E-state index < -0.39 is 0 Å². The third-order valence-corrected chi connectivity index (χ3v) is 0.607. The summed E-state index contributed by atoms with van der Waals surface area (Å²) in [4.78, 5) is 20.4. The minimum atomic E-state index is -0.336. The van der Waals surface area contributed by atoms with Crippen molar-refractivity contribution in [1.82, 2.24) is 5.32 Å². The number of amides is 1. The molecule has 0 atom stereocenters. The van der Waals surface area contributed by atoms with E-state index in [0.29, 0.717) is 0 Å². The highest BCUT2D eigenvalue weighted by atomic mass is 16.2. The molecule has 0 aromatic rings. The van der Waals surface area contributed by atoms with Crippen molar-refractivity contribution in [2.45, 2.75) is 13.3 Å². The number of nitrogens with one attached hydrogen (secondary N) is 1.